The number of hydrogen-bond donors (Lipinski definition) is 6. The summed E-state index contributed by atoms with van der Waals surface area (Å²) in [4.78, 5) is 16.2. The van der Waals surface area contributed by atoms with Gasteiger partial charge in [0, 0.05) is 18.0 Å². The SMILES string of the molecule is C=C1CCC23OB(O)OC45C(OC(=O)c6ccc[nH]6)C(O)(C(C)C)C6(C)C(O)(CC24C)OC3(C1O)C56O. The normalized spacial score (nSPS) is 56.8. The zero-order valence-electron chi connectivity index (χ0n) is 21.1. The van der Waals surface area contributed by atoms with Gasteiger partial charge in [-0.25, -0.2) is 4.79 Å². The maximum atomic E-state index is 13.4. The van der Waals surface area contributed by atoms with Crippen molar-refractivity contribution in [2.75, 3.05) is 0 Å². The Morgan fingerprint density at radius 2 is 1.95 bits per heavy atom. The van der Waals surface area contributed by atoms with Crippen LogP contribution in [0.4, 0.5) is 0 Å². The van der Waals surface area contributed by atoms with Crippen molar-refractivity contribution in [3.8, 4) is 0 Å². The van der Waals surface area contributed by atoms with Gasteiger partial charge in [-0.2, -0.15) is 0 Å². The Labute approximate surface area is 213 Å². The van der Waals surface area contributed by atoms with E-state index in [9.17, 15) is 30.2 Å². The van der Waals surface area contributed by atoms with E-state index in [2.05, 4.69) is 11.6 Å². The smallest absolute Gasteiger partial charge is 0.451 e. The predicted molar refractivity (Wildman–Crippen MR) is 124 cm³/mol. The fourth-order valence-electron chi connectivity index (χ4n) is 10.1. The Bertz CT molecular complexity index is 1260. The zero-order chi connectivity index (χ0) is 26.8. The second kappa shape index (κ2) is 6.18. The van der Waals surface area contributed by atoms with Crippen LogP contribution in [0.1, 0.15) is 57.4 Å². The Balaban J connectivity index is 1.60. The Morgan fingerprint density at radius 1 is 1.24 bits per heavy atom. The van der Waals surface area contributed by atoms with Crippen LogP contribution in [0, 0.1) is 16.7 Å². The number of carbonyl (C=O) groups is 1. The number of esters is 1. The summed E-state index contributed by atoms with van der Waals surface area (Å²) in [6.45, 7) is 10.5. The van der Waals surface area contributed by atoms with Gasteiger partial charge in [-0.15, -0.1) is 0 Å². The largest absolute Gasteiger partial charge is 0.637 e. The number of aromatic amines is 1. The molecule has 8 rings (SSSR count). The highest BCUT2D eigenvalue weighted by atomic mass is 16.8. The number of aliphatic hydroxyl groups excluding tert-OH is 1. The fourth-order valence-corrected chi connectivity index (χ4v) is 10.1. The molecule has 1 aromatic heterocycles. The molecule has 37 heavy (non-hydrogen) atoms. The minimum atomic E-state index is -2.41. The standard InChI is InChI=1S/C25H32BNO10/c1-12(2)22(31)17(34-16(29)14-7-6-10-27-14)24-18(4)11-21(30)19(22,5)25(24,32)23(35-21)15(28)13(3)8-9-20(18,23)36-26(33)37-24/h6-7,10,12,15,17,27-28,30-33H,3,8-9,11H2,1-2,4-5H3. The molecule has 7 fully saturated rings. The minimum absolute atomic E-state index is 0.102. The van der Waals surface area contributed by atoms with Gasteiger partial charge in [0.25, 0.3) is 0 Å². The van der Waals surface area contributed by atoms with E-state index in [1.165, 1.54) is 13.0 Å². The molecule has 7 bridgehead atoms. The van der Waals surface area contributed by atoms with Crippen LogP contribution in [-0.2, 0) is 18.8 Å². The number of aliphatic hydroxyl groups is 4. The van der Waals surface area contributed by atoms with E-state index in [-0.39, 0.29) is 25.0 Å². The van der Waals surface area contributed by atoms with Crippen LogP contribution in [0.25, 0.3) is 0 Å². The van der Waals surface area contributed by atoms with Crippen LogP contribution in [0.5, 0.6) is 0 Å². The highest BCUT2D eigenvalue weighted by molar-refractivity contribution is 6.35. The summed E-state index contributed by atoms with van der Waals surface area (Å²) in [5.41, 5.74) is -13.2. The second-order valence-corrected chi connectivity index (χ2v) is 12.5. The molecule has 0 amide bonds. The van der Waals surface area contributed by atoms with E-state index in [1.807, 2.05) is 0 Å². The average molecular weight is 517 g/mol. The van der Waals surface area contributed by atoms with Crippen LogP contribution in [0.15, 0.2) is 30.5 Å². The Morgan fingerprint density at radius 3 is 2.57 bits per heavy atom. The van der Waals surface area contributed by atoms with Crippen molar-refractivity contribution in [1.82, 2.24) is 4.98 Å². The van der Waals surface area contributed by atoms with Crippen molar-refractivity contribution in [2.45, 2.75) is 93.0 Å². The van der Waals surface area contributed by atoms with E-state index < -0.39 is 76.0 Å². The number of H-pyrrole nitrogens is 1. The zero-order valence-corrected chi connectivity index (χ0v) is 21.1. The van der Waals surface area contributed by atoms with Crippen LogP contribution < -0.4 is 0 Å². The molecule has 11 nitrogen and oxygen atoms in total. The quantitative estimate of drug-likeness (QED) is 0.179. The summed E-state index contributed by atoms with van der Waals surface area (Å²) in [5, 5.41) is 60.9. The molecule has 10 unspecified atom stereocenters. The lowest BCUT2D eigenvalue weighted by atomic mass is 9.52. The van der Waals surface area contributed by atoms with Gasteiger partial charge >= 0.3 is 13.3 Å². The number of carbonyl (C=O) groups excluding carboxylic acids is 1. The highest BCUT2D eigenvalue weighted by Crippen LogP contribution is 2.92. The lowest BCUT2D eigenvalue weighted by Crippen LogP contribution is -2.78. The van der Waals surface area contributed by atoms with E-state index in [4.69, 9.17) is 18.8 Å². The summed E-state index contributed by atoms with van der Waals surface area (Å²) in [6, 6.07) is 3.12. The van der Waals surface area contributed by atoms with Gasteiger partial charge in [-0.3, -0.25) is 0 Å². The molecule has 3 aliphatic heterocycles. The van der Waals surface area contributed by atoms with Crippen molar-refractivity contribution < 1.29 is 49.0 Å². The molecule has 7 aliphatic rings. The van der Waals surface area contributed by atoms with Crippen LogP contribution in [0.2, 0.25) is 0 Å². The first kappa shape index (κ1) is 24.3. The summed E-state index contributed by atoms with van der Waals surface area (Å²) in [7, 11) is -1.90. The van der Waals surface area contributed by atoms with Crippen molar-refractivity contribution >= 4 is 13.3 Å². The van der Waals surface area contributed by atoms with Gasteiger partial charge in [0.05, 0.1) is 5.41 Å². The molecule has 0 radical (unpaired) electrons. The summed E-state index contributed by atoms with van der Waals surface area (Å²) >= 11 is 0. The third-order valence-electron chi connectivity index (χ3n) is 11.5. The molecule has 12 heteroatoms. The summed E-state index contributed by atoms with van der Waals surface area (Å²) in [6.07, 6.45) is -1.33. The van der Waals surface area contributed by atoms with Crippen molar-refractivity contribution in [3.05, 3.63) is 36.2 Å². The summed E-state index contributed by atoms with van der Waals surface area (Å²) < 4.78 is 24.8. The van der Waals surface area contributed by atoms with Gasteiger partial charge in [-0.1, -0.05) is 27.4 Å². The van der Waals surface area contributed by atoms with Gasteiger partial charge in [-0.05, 0) is 43.4 Å². The molecule has 1 aromatic rings. The number of rotatable bonds is 3. The minimum Gasteiger partial charge on any atom is -0.451 e. The monoisotopic (exact) mass is 517 g/mol. The molecule has 3 saturated heterocycles. The third kappa shape index (κ3) is 1.78. The van der Waals surface area contributed by atoms with Gasteiger partial charge in [0.2, 0.25) is 0 Å². The molecule has 0 aromatic carbocycles. The van der Waals surface area contributed by atoms with Crippen LogP contribution >= 0.6 is 0 Å². The molecule has 6 N–H and O–H groups in total. The maximum Gasteiger partial charge on any atom is 0.637 e. The van der Waals surface area contributed by atoms with Crippen LogP contribution in [0.3, 0.4) is 0 Å². The van der Waals surface area contributed by atoms with Crippen molar-refractivity contribution in [2.24, 2.45) is 16.7 Å². The number of hydrogen-bond acceptors (Lipinski definition) is 10. The molecule has 4 heterocycles. The number of ether oxygens (including phenoxy) is 2. The Hall–Kier alpha value is -1.77. The van der Waals surface area contributed by atoms with Gasteiger partial charge < -0.3 is 49.2 Å². The van der Waals surface area contributed by atoms with Gasteiger partial charge in [0.15, 0.2) is 17.5 Å². The van der Waals surface area contributed by atoms with E-state index in [0.29, 0.717) is 5.57 Å². The molecule has 4 aliphatic carbocycles. The third-order valence-corrected chi connectivity index (χ3v) is 11.5. The van der Waals surface area contributed by atoms with E-state index in [0.717, 1.165) is 0 Å². The lowest BCUT2D eigenvalue weighted by Gasteiger charge is -2.65. The lowest BCUT2D eigenvalue weighted by molar-refractivity contribution is -0.390. The molecular formula is C25H32BNO10. The van der Waals surface area contributed by atoms with E-state index >= 15 is 0 Å². The Kier molecular flexibility index (Phi) is 4.06. The first-order valence-electron chi connectivity index (χ1n) is 12.7. The molecule has 3 spiro atoms. The molecule has 4 saturated carbocycles. The molecular weight excluding hydrogens is 485 g/mol. The molecule has 10 atom stereocenters. The topological polar surface area (TPSA) is 171 Å². The van der Waals surface area contributed by atoms with Crippen LogP contribution in [-0.4, -0.2) is 89.7 Å². The van der Waals surface area contributed by atoms with Crippen molar-refractivity contribution in [1.29, 1.82) is 0 Å². The number of aromatic nitrogens is 1. The first-order chi connectivity index (χ1) is 17.1. The maximum absolute atomic E-state index is 13.4. The fraction of sp³-hybridized carbons (Fsp3) is 0.720. The second-order valence-electron chi connectivity index (χ2n) is 12.5. The highest BCUT2D eigenvalue weighted by Gasteiger charge is 3.12. The predicted octanol–water partition coefficient (Wildman–Crippen LogP) is -0.228. The first-order valence-corrected chi connectivity index (χ1v) is 12.7. The van der Waals surface area contributed by atoms with Crippen molar-refractivity contribution in [3.63, 3.8) is 0 Å². The number of nitrogens with one attached hydrogen (secondary N) is 1. The molecule has 200 valence electrons. The summed E-state index contributed by atoms with van der Waals surface area (Å²) in [5.74, 6) is -3.74. The average Bonchev–Trinajstić information content (AvgIpc) is 3.43. The van der Waals surface area contributed by atoms with Gasteiger partial charge in [0.1, 0.15) is 34.2 Å². The van der Waals surface area contributed by atoms with E-state index in [1.54, 1.807) is 33.0 Å².